The maximum atomic E-state index is 11.6. The number of hydrogen-bond donors (Lipinski definition) is 0. The van der Waals surface area contributed by atoms with E-state index in [1.807, 2.05) is 6.07 Å². The fraction of sp³-hybridized carbons (Fsp3) is 0.724. The van der Waals surface area contributed by atoms with Crippen molar-refractivity contribution in [3.8, 4) is 0 Å². The molecule has 6 heteroatoms. The zero-order valence-corrected chi connectivity index (χ0v) is 21.6. The Kier molecular flexibility index (Phi) is 6.62. The highest BCUT2D eigenvalue weighted by atomic mass is 16.8. The maximum absolute atomic E-state index is 11.6. The second-order valence-electron chi connectivity index (χ2n) is 12.0. The summed E-state index contributed by atoms with van der Waals surface area (Å²) < 4.78 is 21.3. The monoisotopic (exact) mass is 484 g/mol. The van der Waals surface area contributed by atoms with Gasteiger partial charge in [0.2, 0.25) is 0 Å². The fourth-order valence-electron chi connectivity index (χ4n) is 8.18. The quantitative estimate of drug-likeness (QED) is 0.267. The summed E-state index contributed by atoms with van der Waals surface area (Å²) in [7, 11) is 0. The molecule has 1 aromatic heterocycles. The van der Waals surface area contributed by atoms with Gasteiger partial charge in [0.15, 0.2) is 6.79 Å². The zero-order chi connectivity index (χ0) is 24.8. The Bertz CT molecular complexity index is 1010. The highest BCUT2D eigenvalue weighted by Gasteiger charge is 2.57. The summed E-state index contributed by atoms with van der Waals surface area (Å²) in [6, 6.07) is 3.53. The second-order valence-corrected chi connectivity index (χ2v) is 12.0. The summed E-state index contributed by atoms with van der Waals surface area (Å²) in [6.07, 6.45) is 12.7. The van der Waals surface area contributed by atoms with Crippen LogP contribution in [0.1, 0.15) is 90.5 Å². The zero-order valence-electron chi connectivity index (χ0n) is 21.6. The van der Waals surface area contributed by atoms with Crippen LogP contribution in [0, 0.1) is 28.6 Å². The van der Waals surface area contributed by atoms with Gasteiger partial charge in [0, 0.05) is 6.07 Å². The third kappa shape index (κ3) is 4.47. The third-order valence-electron chi connectivity index (χ3n) is 9.96. The number of hydrogen-bond acceptors (Lipinski definition) is 6. The SMILES string of the molecule is CC(C)OC(=O)OCO[C@H]1CC[C@@]2(C)[C@H](CC[C@H]3C4=CC[C@H](c5ccc(=O)oc5)[C@@]4(C)CC[C@@H]32)C1. The molecular formula is C29H40O6. The van der Waals surface area contributed by atoms with Crippen LogP contribution in [0.4, 0.5) is 4.79 Å². The number of allylic oxidation sites excluding steroid dienone is 2. The molecule has 0 aliphatic heterocycles. The molecule has 4 aliphatic carbocycles. The van der Waals surface area contributed by atoms with Crippen molar-refractivity contribution in [1.82, 2.24) is 0 Å². The smallest absolute Gasteiger partial charge is 0.432 e. The minimum absolute atomic E-state index is 0.0298. The van der Waals surface area contributed by atoms with E-state index in [0.29, 0.717) is 29.1 Å². The Morgan fingerprint density at radius 2 is 1.97 bits per heavy atom. The number of carbonyl (C=O) groups excluding carboxylic acids is 1. The Morgan fingerprint density at radius 1 is 1.14 bits per heavy atom. The Hall–Kier alpha value is -2.08. The van der Waals surface area contributed by atoms with Gasteiger partial charge >= 0.3 is 11.8 Å². The normalized spacial score (nSPS) is 38.2. The van der Waals surface area contributed by atoms with Crippen molar-refractivity contribution in [1.29, 1.82) is 0 Å². The Labute approximate surface area is 208 Å². The molecule has 0 unspecified atom stereocenters. The fourth-order valence-corrected chi connectivity index (χ4v) is 8.18. The summed E-state index contributed by atoms with van der Waals surface area (Å²) in [5, 5.41) is 0. The van der Waals surface area contributed by atoms with Gasteiger partial charge < -0.3 is 18.6 Å². The van der Waals surface area contributed by atoms with Crippen LogP contribution in [0.2, 0.25) is 0 Å². The molecule has 192 valence electrons. The molecule has 0 N–H and O–H groups in total. The molecule has 5 rings (SSSR count). The minimum atomic E-state index is -0.660. The van der Waals surface area contributed by atoms with Crippen molar-refractivity contribution in [2.45, 2.75) is 97.2 Å². The molecule has 0 spiro atoms. The summed E-state index contributed by atoms with van der Waals surface area (Å²) >= 11 is 0. The minimum Gasteiger partial charge on any atom is -0.432 e. The molecule has 7 atom stereocenters. The van der Waals surface area contributed by atoms with Gasteiger partial charge in [-0.2, -0.15) is 0 Å². The van der Waals surface area contributed by atoms with E-state index in [9.17, 15) is 9.59 Å². The van der Waals surface area contributed by atoms with Crippen LogP contribution in [-0.2, 0) is 14.2 Å². The molecule has 0 aromatic carbocycles. The molecule has 0 radical (unpaired) electrons. The van der Waals surface area contributed by atoms with Crippen LogP contribution in [0.3, 0.4) is 0 Å². The van der Waals surface area contributed by atoms with Gasteiger partial charge in [0.25, 0.3) is 0 Å². The molecule has 1 aromatic rings. The van der Waals surface area contributed by atoms with E-state index in [1.54, 1.807) is 31.8 Å². The first-order chi connectivity index (χ1) is 16.7. The van der Waals surface area contributed by atoms with E-state index in [0.717, 1.165) is 31.2 Å². The van der Waals surface area contributed by atoms with Gasteiger partial charge in [-0.1, -0.05) is 25.5 Å². The van der Waals surface area contributed by atoms with E-state index in [4.69, 9.17) is 18.6 Å². The first-order valence-electron chi connectivity index (χ1n) is 13.4. The van der Waals surface area contributed by atoms with Crippen molar-refractivity contribution in [3.05, 3.63) is 46.0 Å². The van der Waals surface area contributed by atoms with Crippen molar-refractivity contribution in [3.63, 3.8) is 0 Å². The lowest BCUT2D eigenvalue weighted by Gasteiger charge is -2.59. The summed E-state index contributed by atoms with van der Waals surface area (Å²) in [5.74, 6) is 2.42. The number of ether oxygens (including phenoxy) is 3. The number of carbonyl (C=O) groups is 1. The van der Waals surface area contributed by atoms with E-state index >= 15 is 0 Å². The van der Waals surface area contributed by atoms with Gasteiger partial charge in [-0.15, -0.1) is 0 Å². The van der Waals surface area contributed by atoms with E-state index in [2.05, 4.69) is 19.9 Å². The highest BCUT2D eigenvalue weighted by Crippen LogP contribution is 2.67. The molecule has 0 bridgehead atoms. The van der Waals surface area contributed by atoms with Gasteiger partial charge in [-0.3, -0.25) is 0 Å². The summed E-state index contributed by atoms with van der Waals surface area (Å²) in [5.41, 5.74) is 3.04. The van der Waals surface area contributed by atoms with Gasteiger partial charge in [-0.25, -0.2) is 9.59 Å². The molecule has 3 saturated carbocycles. The first-order valence-corrected chi connectivity index (χ1v) is 13.4. The molecule has 3 fully saturated rings. The molecule has 0 amide bonds. The average molecular weight is 485 g/mol. The molecule has 35 heavy (non-hydrogen) atoms. The van der Waals surface area contributed by atoms with Gasteiger partial charge in [0.05, 0.1) is 18.5 Å². The van der Waals surface area contributed by atoms with Gasteiger partial charge in [0.1, 0.15) is 0 Å². The van der Waals surface area contributed by atoms with Crippen LogP contribution in [0.25, 0.3) is 0 Å². The summed E-state index contributed by atoms with van der Waals surface area (Å²) in [6.45, 7) is 8.55. The van der Waals surface area contributed by atoms with Crippen molar-refractivity contribution < 1.29 is 23.4 Å². The van der Waals surface area contributed by atoms with Crippen LogP contribution in [-0.4, -0.2) is 25.2 Å². The average Bonchev–Trinajstić information content (AvgIpc) is 3.16. The third-order valence-corrected chi connectivity index (χ3v) is 9.96. The predicted octanol–water partition coefficient (Wildman–Crippen LogP) is 6.59. The second kappa shape index (κ2) is 9.42. The largest absolute Gasteiger partial charge is 0.510 e. The first kappa shape index (κ1) is 24.6. The molecule has 0 saturated heterocycles. The lowest BCUT2D eigenvalue weighted by atomic mass is 9.46. The number of rotatable bonds is 5. The van der Waals surface area contributed by atoms with Crippen LogP contribution in [0.5, 0.6) is 0 Å². The Balaban J connectivity index is 1.23. The van der Waals surface area contributed by atoms with Crippen molar-refractivity contribution in [2.24, 2.45) is 28.6 Å². The van der Waals surface area contributed by atoms with Gasteiger partial charge in [-0.05, 0) is 111 Å². The van der Waals surface area contributed by atoms with Crippen LogP contribution in [0.15, 0.2) is 39.3 Å². The maximum Gasteiger partial charge on any atom is 0.510 e. The predicted molar refractivity (Wildman–Crippen MR) is 132 cm³/mol. The van der Waals surface area contributed by atoms with E-state index in [1.165, 1.54) is 25.7 Å². The van der Waals surface area contributed by atoms with Crippen LogP contribution >= 0.6 is 0 Å². The highest BCUT2D eigenvalue weighted by molar-refractivity contribution is 5.59. The Morgan fingerprint density at radius 3 is 2.71 bits per heavy atom. The van der Waals surface area contributed by atoms with Crippen molar-refractivity contribution in [2.75, 3.05) is 6.79 Å². The molecule has 1 heterocycles. The lowest BCUT2D eigenvalue weighted by Crippen LogP contribution is -2.52. The van der Waals surface area contributed by atoms with Crippen LogP contribution < -0.4 is 5.63 Å². The molecule has 6 nitrogen and oxygen atoms in total. The lowest BCUT2D eigenvalue weighted by molar-refractivity contribution is -0.133. The molecule has 4 aliphatic rings. The topological polar surface area (TPSA) is 75.0 Å². The number of fused-ring (bicyclic) bond motifs is 5. The van der Waals surface area contributed by atoms with Crippen molar-refractivity contribution >= 4 is 6.16 Å². The standard InChI is InChI=1S/C29H40O6/c1-18(2)35-27(31)34-17-33-21-11-13-28(3)20(15-21)6-7-22-24-9-8-23(19-5-10-26(30)32-16-19)29(24,4)14-12-25(22)28/h5,9-10,16,18,20-23,25H,6-8,11-15,17H2,1-4H3/t20-,21+,22+,23-,25+,28+,29-/m1/s1. The van der Waals surface area contributed by atoms with E-state index < -0.39 is 6.16 Å². The molecular weight excluding hydrogens is 444 g/mol. The van der Waals surface area contributed by atoms with E-state index in [-0.39, 0.29) is 30.0 Å². The summed E-state index contributed by atoms with van der Waals surface area (Å²) in [4.78, 5) is 23.1.